The predicted octanol–water partition coefficient (Wildman–Crippen LogP) is 1.96. The van der Waals surface area contributed by atoms with Crippen molar-refractivity contribution in [2.45, 2.75) is 39.0 Å². The van der Waals surface area contributed by atoms with Gasteiger partial charge in [0.05, 0.1) is 12.0 Å². The van der Waals surface area contributed by atoms with Crippen molar-refractivity contribution in [1.82, 2.24) is 15.1 Å². The van der Waals surface area contributed by atoms with Gasteiger partial charge in [-0.15, -0.1) is 10.2 Å². The fraction of sp³-hybridized carbons (Fsp3) is 0.812. The first-order valence-corrected chi connectivity index (χ1v) is 9.36. The number of carbonyl (C=O) groups excluding carboxylic acids is 1. The van der Waals surface area contributed by atoms with Crippen LogP contribution in [0.4, 0.5) is 5.13 Å². The number of nitrogens with zero attached hydrogens (tertiary/aromatic N) is 4. The Morgan fingerprint density at radius 3 is 2.96 bits per heavy atom. The van der Waals surface area contributed by atoms with Gasteiger partial charge in [0.25, 0.3) is 0 Å². The minimum atomic E-state index is -0.220. The normalized spacial score (nSPS) is 24.9. The maximum absolute atomic E-state index is 13.0. The van der Waals surface area contributed by atoms with Gasteiger partial charge in [0, 0.05) is 39.7 Å². The molecule has 7 heteroatoms. The molecule has 0 saturated carbocycles. The summed E-state index contributed by atoms with van der Waals surface area (Å²) in [6.45, 7) is 6.03. The summed E-state index contributed by atoms with van der Waals surface area (Å²) in [5.74, 6) is 0.307. The molecule has 2 aliphatic heterocycles. The van der Waals surface area contributed by atoms with Gasteiger partial charge in [0.2, 0.25) is 11.0 Å². The van der Waals surface area contributed by atoms with Gasteiger partial charge in [-0.25, -0.2) is 0 Å². The quantitative estimate of drug-likeness (QED) is 0.793. The largest absolute Gasteiger partial charge is 0.383 e. The van der Waals surface area contributed by atoms with Gasteiger partial charge in [-0.1, -0.05) is 18.3 Å². The highest BCUT2D eigenvalue weighted by Gasteiger charge is 2.48. The van der Waals surface area contributed by atoms with E-state index in [2.05, 4.69) is 22.0 Å². The van der Waals surface area contributed by atoms with Gasteiger partial charge in [-0.2, -0.15) is 0 Å². The van der Waals surface area contributed by atoms with Crippen molar-refractivity contribution in [2.24, 2.45) is 5.41 Å². The Bertz CT molecular complexity index is 550. The number of hydrogen-bond donors (Lipinski definition) is 0. The van der Waals surface area contributed by atoms with Crippen molar-refractivity contribution in [2.75, 3.05) is 44.8 Å². The van der Waals surface area contributed by atoms with Crippen LogP contribution < -0.4 is 4.90 Å². The number of aryl methyl sites for hydroxylation is 1. The smallest absolute Gasteiger partial charge is 0.230 e. The van der Waals surface area contributed by atoms with E-state index in [1.165, 1.54) is 0 Å². The average molecular weight is 338 g/mol. The van der Waals surface area contributed by atoms with E-state index in [1.54, 1.807) is 18.4 Å². The summed E-state index contributed by atoms with van der Waals surface area (Å²) in [7, 11) is 1.69. The van der Waals surface area contributed by atoms with Crippen LogP contribution in [0, 0.1) is 5.41 Å². The van der Waals surface area contributed by atoms with Gasteiger partial charge in [-0.05, 0) is 25.7 Å². The Labute approximate surface area is 141 Å². The Kier molecular flexibility index (Phi) is 5.16. The highest BCUT2D eigenvalue weighted by Crippen LogP contribution is 2.42. The zero-order valence-electron chi connectivity index (χ0n) is 14.1. The molecule has 0 radical (unpaired) electrons. The van der Waals surface area contributed by atoms with Crippen LogP contribution >= 0.6 is 11.3 Å². The van der Waals surface area contributed by atoms with Gasteiger partial charge < -0.3 is 14.5 Å². The molecule has 0 aliphatic carbocycles. The van der Waals surface area contributed by atoms with E-state index in [0.29, 0.717) is 19.1 Å². The van der Waals surface area contributed by atoms with Crippen LogP contribution in [-0.4, -0.2) is 60.9 Å². The molecule has 1 aromatic rings. The van der Waals surface area contributed by atoms with E-state index < -0.39 is 0 Å². The second-order valence-electron chi connectivity index (χ2n) is 6.57. The number of amides is 1. The second-order valence-corrected chi connectivity index (χ2v) is 7.61. The zero-order valence-corrected chi connectivity index (χ0v) is 14.9. The number of hydrogen-bond acceptors (Lipinski definition) is 6. The highest BCUT2D eigenvalue weighted by atomic mass is 32.1. The molecule has 1 amide bonds. The zero-order chi connectivity index (χ0) is 16.3. The van der Waals surface area contributed by atoms with E-state index in [0.717, 1.165) is 61.9 Å². The van der Waals surface area contributed by atoms with Crippen LogP contribution in [0.15, 0.2) is 0 Å². The third kappa shape index (κ3) is 3.35. The van der Waals surface area contributed by atoms with Crippen LogP contribution in [0.25, 0.3) is 0 Å². The molecule has 0 unspecified atom stereocenters. The Balaban J connectivity index is 1.68. The molecule has 1 aromatic heterocycles. The minimum absolute atomic E-state index is 0.220. The molecule has 128 valence electrons. The molecule has 6 nitrogen and oxygen atoms in total. The number of likely N-dealkylation sites (tertiary alicyclic amines) is 1. The number of ether oxygens (including phenoxy) is 1. The van der Waals surface area contributed by atoms with Crippen LogP contribution in [0.2, 0.25) is 0 Å². The van der Waals surface area contributed by atoms with Crippen molar-refractivity contribution in [3.63, 3.8) is 0 Å². The van der Waals surface area contributed by atoms with E-state index in [4.69, 9.17) is 4.74 Å². The van der Waals surface area contributed by atoms with Gasteiger partial charge >= 0.3 is 0 Å². The van der Waals surface area contributed by atoms with Crippen molar-refractivity contribution >= 4 is 22.4 Å². The lowest BCUT2D eigenvalue weighted by atomic mass is 9.78. The first-order valence-electron chi connectivity index (χ1n) is 8.54. The molecule has 0 aromatic carbocycles. The molecule has 2 saturated heterocycles. The average Bonchev–Trinajstić information content (AvgIpc) is 3.17. The Hall–Kier alpha value is -1.21. The molecule has 0 N–H and O–H groups in total. The number of rotatable bonds is 6. The monoisotopic (exact) mass is 338 g/mol. The van der Waals surface area contributed by atoms with E-state index >= 15 is 0 Å². The highest BCUT2D eigenvalue weighted by molar-refractivity contribution is 7.15. The molecule has 1 spiro atoms. The third-order valence-electron chi connectivity index (χ3n) is 4.93. The van der Waals surface area contributed by atoms with Crippen LogP contribution in [0.3, 0.4) is 0 Å². The fourth-order valence-electron chi connectivity index (χ4n) is 3.67. The van der Waals surface area contributed by atoms with Crippen LogP contribution in [0.5, 0.6) is 0 Å². The molecule has 23 heavy (non-hydrogen) atoms. The topological polar surface area (TPSA) is 58.6 Å². The lowest BCUT2D eigenvalue weighted by molar-refractivity contribution is -0.145. The molecule has 1 atom stereocenters. The minimum Gasteiger partial charge on any atom is -0.383 e. The van der Waals surface area contributed by atoms with Crippen molar-refractivity contribution in [3.8, 4) is 0 Å². The number of methoxy groups -OCH3 is 1. The SMILES string of the molecule is CCCc1nnc(N2CC[C@]3(CCCN(CCOC)C3=O)C2)s1. The van der Waals surface area contributed by atoms with E-state index in [1.807, 2.05) is 4.90 Å². The van der Waals surface area contributed by atoms with E-state index in [9.17, 15) is 4.79 Å². The molecule has 2 fully saturated rings. The first-order chi connectivity index (χ1) is 11.2. The van der Waals surface area contributed by atoms with Crippen LogP contribution in [0.1, 0.15) is 37.6 Å². The van der Waals surface area contributed by atoms with E-state index in [-0.39, 0.29) is 5.41 Å². The summed E-state index contributed by atoms with van der Waals surface area (Å²) in [6, 6.07) is 0. The van der Waals surface area contributed by atoms with Crippen molar-refractivity contribution in [1.29, 1.82) is 0 Å². The van der Waals surface area contributed by atoms with Gasteiger partial charge in [0.1, 0.15) is 5.01 Å². The van der Waals surface area contributed by atoms with Crippen LogP contribution in [-0.2, 0) is 16.0 Å². The molecule has 3 rings (SSSR count). The molecular weight excluding hydrogens is 312 g/mol. The van der Waals surface area contributed by atoms with Crippen molar-refractivity contribution < 1.29 is 9.53 Å². The third-order valence-corrected chi connectivity index (χ3v) is 5.98. The Morgan fingerprint density at radius 2 is 2.17 bits per heavy atom. The number of piperidine rings is 1. The molecule has 0 bridgehead atoms. The molecular formula is C16H26N4O2S. The summed E-state index contributed by atoms with van der Waals surface area (Å²) in [5, 5.41) is 10.7. The Morgan fingerprint density at radius 1 is 1.30 bits per heavy atom. The predicted molar refractivity (Wildman–Crippen MR) is 90.9 cm³/mol. The number of carbonyl (C=O) groups is 1. The first kappa shape index (κ1) is 16.6. The number of anilines is 1. The summed E-state index contributed by atoms with van der Waals surface area (Å²) < 4.78 is 5.14. The summed E-state index contributed by atoms with van der Waals surface area (Å²) in [6.07, 6.45) is 5.08. The number of aromatic nitrogens is 2. The van der Waals surface area contributed by atoms with Gasteiger partial charge in [0.15, 0.2) is 0 Å². The van der Waals surface area contributed by atoms with Gasteiger partial charge in [-0.3, -0.25) is 4.79 Å². The summed E-state index contributed by atoms with van der Waals surface area (Å²) in [5.41, 5.74) is -0.220. The molecule has 2 aliphatic rings. The molecule has 3 heterocycles. The maximum Gasteiger partial charge on any atom is 0.230 e. The van der Waals surface area contributed by atoms with Crippen molar-refractivity contribution in [3.05, 3.63) is 5.01 Å². The maximum atomic E-state index is 13.0. The summed E-state index contributed by atoms with van der Waals surface area (Å²) in [4.78, 5) is 17.2. The lowest BCUT2D eigenvalue weighted by Crippen LogP contribution is -2.50. The second kappa shape index (κ2) is 7.13. The fourth-order valence-corrected chi connectivity index (χ4v) is 4.63. The summed E-state index contributed by atoms with van der Waals surface area (Å²) >= 11 is 1.68. The standard InChI is InChI=1S/C16H26N4O2S/c1-3-5-13-17-18-15(23-13)20-9-7-16(12-20)6-4-8-19(14(16)21)10-11-22-2/h3-12H2,1-2H3/t16-/m1/s1. The lowest BCUT2D eigenvalue weighted by Gasteiger charge is -2.39.